The molecule has 0 aliphatic carbocycles. The number of hydrogen-bond acceptors (Lipinski definition) is 6. The van der Waals surface area contributed by atoms with Gasteiger partial charge in [0, 0.05) is 19.3 Å². The first-order valence-corrected chi connectivity index (χ1v) is 31.4. The van der Waals surface area contributed by atoms with E-state index in [-0.39, 0.29) is 44.0 Å². The lowest BCUT2D eigenvalue weighted by Gasteiger charge is -2.18. The standard InChI is InChI=1S/C69H116O6/c1-4-7-10-13-16-19-22-25-28-31-33-34-36-39-42-45-48-51-54-57-60-63-69(72)75-66(64-73-67(70)61-58-55-52-49-46-43-40-37-30-27-24-21-18-15-12-9-6-3)65-74-68(71)62-59-56-53-50-47-44-41-38-35-32-29-26-23-20-17-14-11-8-5-2/h17-18,20-21,26-27,29-30,35,38,40,43-44,47,49,52-53,56,66H,4-16,19,22-25,28,31-34,36-37,39,41-42,45-46,48,50-51,54-55,57-65H2,1-3H3/b20-17-,21-18-,29-26-,30-27-,38-35-,43-40-,47-44-,52-49-,56-53-/t66-/m0/s1. The Kier molecular flexibility index (Phi) is 59.3. The molecule has 0 N–H and O–H groups in total. The summed E-state index contributed by atoms with van der Waals surface area (Å²) < 4.78 is 16.8. The maximum absolute atomic E-state index is 12.9. The molecule has 0 aromatic carbocycles. The highest BCUT2D eigenvalue weighted by Gasteiger charge is 2.19. The lowest BCUT2D eigenvalue weighted by Crippen LogP contribution is -2.30. The van der Waals surface area contributed by atoms with Crippen molar-refractivity contribution in [2.45, 2.75) is 297 Å². The summed E-state index contributed by atoms with van der Waals surface area (Å²) in [5, 5.41) is 0. The van der Waals surface area contributed by atoms with Gasteiger partial charge in [-0.05, 0) is 96.3 Å². The molecule has 0 spiro atoms. The number of esters is 3. The van der Waals surface area contributed by atoms with Crippen LogP contribution in [0.4, 0.5) is 0 Å². The van der Waals surface area contributed by atoms with Crippen LogP contribution >= 0.6 is 0 Å². The third-order valence-electron chi connectivity index (χ3n) is 13.3. The second-order valence-electron chi connectivity index (χ2n) is 20.6. The highest BCUT2D eigenvalue weighted by molar-refractivity contribution is 5.71. The molecular weight excluding hydrogens is 925 g/mol. The molecule has 0 aromatic heterocycles. The molecule has 1 atom stereocenters. The van der Waals surface area contributed by atoms with Crippen molar-refractivity contribution < 1.29 is 28.6 Å². The zero-order valence-electron chi connectivity index (χ0n) is 49.0. The molecule has 0 heterocycles. The normalized spacial score (nSPS) is 12.8. The van der Waals surface area contributed by atoms with E-state index >= 15 is 0 Å². The SMILES string of the molecule is CCCCC/C=C\C/C=C\C/C=C\C/C=C\C/C=C\CCC(=O)OC[C@H](COC(=O)CCC/C=C\C/C=C\C/C=C\C/C=C\CCCCC)OC(=O)CCCCCCCCCCCCCCCCCCCCCCC. The minimum atomic E-state index is -0.832. The Bertz CT molecular complexity index is 1520. The van der Waals surface area contributed by atoms with Crippen molar-refractivity contribution in [2.24, 2.45) is 0 Å². The van der Waals surface area contributed by atoms with Crippen LogP contribution in [0.5, 0.6) is 0 Å². The predicted octanol–water partition coefficient (Wildman–Crippen LogP) is 21.4. The molecule has 0 unspecified atom stereocenters. The summed E-state index contributed by atoms with van der Waals surface area (Å²) in [7, 11) is 0. The fourth-order valence-electron chi connectivity index (χ4n) is 8.54. The molecule has 0 amide bonds. The van der Waals surface area contributed by atoms with Gasteiger partial charge in [0.05, 0.1) is 0 Å². The number of ether oxygens (including phenoxy) is 3. The second-order valence-corrected chi connectivity index (χ2v) is 20.6. The third-order valence-corrected chi connectivity index (χ3v) is 13.3. The molecule has 0 aliphatic heterocycles. The molecule has 0 saturated carbocycles. The average molecular weight is 1040 g/mol. The zero-order chi connectivity index (χ0) is 54.3. The van der Waals surface area contributed by atoms with Crippen LogP contribution < -0.4 is 0 Å². The predicted molar refractivity (Wildman–Crippen MR) is 325 cm³/mol. The van der Waals surface area contributed by atoms with Crippen molar-refractivity contribution in [3.8, 4) is 0 Å². The van der Waals surface area contributed by atoms with Crippen molar-refractivity contribution in [1.29, 1.82) is 0 Å². The highest BCUT2D eigenvalue weighted by atomic mass is 16.6. The largest absolute Gasteiger partial charge is 0.462 e. The smallest absolute Gasteiger partial charge is 0.306 e. The Balaban J connectivity index is 4.53. The van der Waals surface area contributed by atoms with E-state index in [1.807, 2.05) is 6.08 Å². The van der Waals surface area contributed by atoms with E-state index in [0.29, 0.717) is 19.3 Å². The van der Waals surface area contributed by atoms with Crippen LogP contribution in [0.25, 0.3) is 0 Å². The van der Waals surface area contributed by atoms with Crippen molar-refractivity contribution in [2.75, 3.05) is 13.2 Å². The fraction of sp³-hybridized carbons (Fsp3) is 0.696. The Morgan fingerprint density at radius 1 is 0.267 bits per heavy atom. The van der Waals surface area contributed by atoms with Crippen molar-refractivity contribution in [1.82, 2.24) is 0 Å². The van der Waals surface area contributed by atoms with Crippen LogP contribution in [0.1, 0.15) is 290 Å². The first kappa shape index (κ1) is 71.1. The molecular formula is C69H116O6. The number of unbranched alkanes of at least 4 members (excludes halogenated alkanes) is 27. The molecule has 0 saturated heterocycles. The topological polar surface area (TPSA) is 78.9 Å². The molecule has 0 fully saturated rings. The Labute approximate surface area is 463 Å². The van der Waals surface area contributed by atoms with Gasteiger partial charge in [0.1, 0.15) is 13.2 Å². The highest BCUT2D eigenvalue weighted by Crippen LogP contribution is 2.16. The minimum absolute atomic E-state index is 0.129. The maximum Gasteiger partial charge on any atom is 0.306 e. The molecule has 428 valence electrons. The van der Waals surface area contributed by atoms with E-state index in [9.17, 15) is 14.4 Å². The van der Waals surface area contributed by atoms with Crippen LogP contribution in [0, 0.1) is 0 Å². The molecule has 0 aromatic rings. The molecule has 6 heteroatoms. The van der Waals surface area contributed by atoms with Gasteiger partial charge in [-0.2, -0.15) is 0 Å². The molecule has 6 nitrogen and oxygen atoms in total. The second kappa shape index (κ2) is 62.6. The summed E-state index contributed by atoms with van der Waals surface area (Å²) in [4.78, 5) is 38.2. The van der Waals surface area contributed by atoms with Crippen LogP contribution in [0.2, 0.25) is 0 Å². The van der Waals surface area contributed by atoms with Crippen molar-refractivity contribution in [3.05, 3.63) is 109 Å². The Morgan fingerprint density at radius 3 is 0.867 bits per heavy atom. The van der Waals surface area contributed by atoms with E-state index in [0.717, 1.165) is 70.6 Å². The van der Waals surface area contributed by atoms with Gasteiger partial charge in [0.15, 0.2) is 6.10 Å². The van der Waals surface area contributed by atoms with E-state index < -0.39 is 6.10 Å². The van der Waals surface area contributed by atoms with Gasteiger partial charge in [0.2, 0.25) is 0 Å². The Hall–Kier alpha value is -3.93. The van der Waals surface area contributed by atoms with Gasteiger partial charge in [-0.15, -0.1) is 0 Å². The van der Waals surface area contributed by atoms with Crippen LogP contribution in [-0.2, 0) is 28.6 Å². The number of rotatable bonds is 56. The fourth-order valence-corrected chi connectivity index (χ4v) is 8.54. The van der Waals surface area contributed by atoms with Gasteiger partial charge in [-0.1, -0.05) is 284 Å². The van der Waals surface area contributed by atoms with Crippen LogP contribution in [0.15, 0.2) is 109 Å². The van der Waals surface area contributed by atoms with Gasteiger partial charge in [-0.25, -0.2) is 0 Å². The molecule has 75 heavy (non-hydrogen) atoms. The van der Waals surface area contributed by atoms with Gasteiger partial charge in [-0.3, -0.25) is 14.4 Å². The first-order valence-electron chi connectivity index (χ1n) is 31.4. The number of allylic oxidation sites excluding steroid dienone is 18. The summed E-state index contributed by atoms with van der Waals surface area (Å²) in [5.74, 6) is -1.06. The van der Waals surface area contributed by atoms with Crippen molar-refractivity contribution >= 4 is 17.9 Å². The Morgan fingerprint density at radius 2 is 0.520 bits per heavy atom. The minimum Gasteiger partial charge on any atom is -0.462 e. The first-order chi connectivity index (χ1) is 37.0. The zero-order valence-corrected chi connectivity index (χ0v) is 49.0. The van der Waals surface area contributed by atoms with Gasteiger partial charge in [0.25, 0.3) is 0 Å². The average Bonchev–Trinajstić information content (AvgIpc) is 3.41. The van der Waals surface area contributed by atoms with Crippen LogP contribution in [0.3, 0.4) is 0 Å². The third kappa shape index (κ3) is 60.8. The number of carbonyl (C=O) groups excluding carboxylic acids is 3. The van der Waals surface area contributed by atoms with E-state index in [4.69, 9.17) is 14.2 Å². The number of hydrogen-bond donors (Lipinski definition) is 0. The summed E-state index contributed by atoms with van der Waals surface area (Å²) in [5.41, 5.74) is 0. The lowest BCUT2D eigenvalue weighted by atomic mass is 10.0. The maximum atomic E-state index is 12.9. The molecule has 0 bridgehead atoms. The van der Waals surface area contributed by atoms with E-state index in [1.54, 1.807) is 0 Å². The van der Waals surface area contributed by atoms with E-state index in [1.165, 1.54) is 167 Å². The van der Waals surface area contributed by atoms with Crippen molar-refractivity contribution in [3.63, 3.8) is 0 Å². The summed E-state index contributed by atoms with van der Waals surface area (Å²) >= 11 is 0. The quantitative estimate of drug-likeness (QED) is 0.0261. The summed E-state index contributed by atoms with van der Waals surface area (Å²) in [6.07, 6.45) is 85.4. The number of carbonyl (C=O) groups is 3. The van der Waals surface area contributed by atoms with Crippen LogP contribution in [-0.4, -0.2) is 37.2 Å². The van der Waals surface area contributed by atoms with Gasteiger partial charge >= 0.3 is 17.9 Å². The van der Waals surface area contributed by atoms with Gasteiger partial charge < -0.3 is 14.2 Å². The monoisotopic (exact) mass is 1040 g/mol. The molecule has 0 rings (SSSR count). The molecule has 0 aliphatic rings. The molecule has 0 radical (unpaired) electrons. The lowest BCUT2D eigenvalue weighted by molar-refractivity contribution is -0.166. The van der Waals surface area contributed by atoms with E-state index in [2.05, 4.69) is 124 Å². The summed E-state index contributed by atoms with van der Waals surface area (Å²) in [6, 6.07) is 0. The summed E-state index contributed by atoms with van der Waals surface area (Å²) in [6.45, 7) is 6.50.